The van der Waals surface area contributed by atoms with Gasteiger partial charge < -0.3 is 5.73 Å². The molecule has 0 aromatic carbocycles. The van der Waals surface area contributed by atoms with Crippen molar-refractivity contribution in [2.45, 2.75) is 12.2 Å². The van der Waals surface area contributed by atoms with Crippen molar-refractivity contribution >= 4 is 22.6 Å². The van der Waals surface area contributed by atoms with Crippen LogP contribution in [0.5, 0.6) is 0 Å². The van der Waals surface area contributed by atoms with Crippen LogP contribution in [-0.4, -0.2) is 11.2 Å². The van der Waals surface area contributed by atoms with Crippen LogP contribution in [0.15, 0.2) is 18.3 Å². The van der Waals surface area contributed by atoms with E-state index in [0.29, 0.717) is 0 Å². The quantitative estimate of drug-likeness (QED) is 0.808. The summed E-state index contributed by atoms with van der Waals surface area (Å²) in [6.07, 6.45) is -3.08. The van der Waals surface area contributed by atoms with Gasteiger partial charge in [0.2, 0.25) is 0 Å². The van der Waals surface area contributed by atoms with Gasteiger partial charge in [0, 0.05) is 9.77 Å². The van der Waals surface area contributed by atoms with Crippen LogP contribution in [-0.2, 0) is 0 Å². The van der Waals surface area contributed by atoms with E-state index in [-0.39, 0.29) is 5.69 Å². The van der Waals surface area contributed by atoms with Crippen molar-refractivity contribution in [2.24, 2.45) is 5.73 Å². The molecule has 1 atom stereocenters. The molecule has 0 aliphatic heterocycles. The second kappa shape index (κ2) is 3.79. The highest BCUT2D eigenvalue weighted by molar-refractivity contribution is 14.1. The molecule has 1 aromatic heterocycles. The van der Waals surface area contributed by atoms with Crippen LogP contribution in [0.1, 0.15) is 11.7 Å². The molecule has 0 fully saturated rings. The van der Waals surface area contributed by atoms with Crippen molar-refractivity contribution in [3.05, 3.63) is 27.6 Å². The minimum Gasteiger partial charge on any atom is -0.315 e. The molecule has 0 saturated carbocycles. The summed E-state index contributed by atoms with van der Waals surface area (Å²) in [5, 5.41) is 0. The maximum Gasteiger partial charge on any atom is 0.409 e. The molecule has 0 amide bonds. The average molecular weight is 302 g/mol. The van der Waals surface area contributed by atoms with Gasteiger partial charge in [-0.3, -0.25) is 4.98 Å². The zero-order valence-electron chi connectivity index (χ0n) is 6.35. The summed E-state index contributed by atoms with van der Waals surface area (Å²) >= 11 is 1.96. The highest BCUT2D eigenvalue weighted by atomic mass is 127. The lowest BCUT2D eigenvalue weighted by Crippen LogP contribution is -2.29. The van der Waals surface area contributed by atoms with E-state index >= 15 is 0 Å². The summed E-state index contributed by atoms with van der Waals surface area (Å²) in [7, 11) is 0. The van der Waals surface area contributed by atoms with Crippen molar-refractivity contribution in [3.8, 4) is 0 Å². The minimum atomic E-state index is -4.43. The SMILES string of the molecule is NC(c1ccc(I)cn1)C(F)(F)F. The molecule has 0 saturated heterocycles. The highest BCUT2D eigenvalue weighted by Crippen LogP contribution is 2.29. The third kappa shape index (κ3) is 2.80. The summed E-state index contributed by atoms with van der Waals surface area (Å²) in [4.78, 5) is 3.59. The number of aromatic nitrogens is 1. The molecule has 0 spiro atoms. The average Bonchev–Trinajstić information content (AvgIpc) is 2.03. The molecule has 1 aromatic rings. The molecule has 72 valence electrons. The Hall–Kier alpha value is -0.370. The van der Waals surface area contributed by atoms with E-state index in [1.165, 1.54) is 18.3 Å². The van der Waals surface area contributed by atoms with Gasteiger partial charge in [-0.25, -0.2) is 0 Å². The molecule has 0 radical (unpaired) electrons. The van der Waals surface area contributed by atoms with Crippen LogP contribution in [0.25, 0.3) is 0 Å². The van der Waals surface area contributed by atoms with Crippen molar-refractivity contribution in [1.82, 2.24) is 4.98 Å². The van der Waals surface area contributed by atoms with Gasteiger partial charge in [-0.2, -0.15) is 13.2 Å². The summed E-state index contributed by atoms with van der Waals surface area (Å²) in [5.41, 5.74) is 4.77. The first-order chi connectivity index (χ1) is 5.91. The van der Waals surface area contributed by atoms with Crippen LogP contribution in [0, 0.1) is 3.57 Å². The van der Waals surface area contributed by atoms with Crippen LogP contribution in [0.3, 0.4) is 0 Å². The zero-order chi connectivity index (χ0) is 10.1. The number of rotatable bonds is 1. The second-order valence-corrected chi connectivity index (χ2v) is 3.67. The summed E-state index contributed by atoms with van der Waals surface area (Å²) in [5.74, 6) is 0. The molecule has 13 heavy (non-hydrogen) atoms. The summed E-state index contributed by atoms with van der Waals surface area (Å²) in [6.45, 7) is 0. The molecule has 1 rings (SSSR count). The predicted octanol–water partition coefficient (Wildman–Crippen LogP) is 2.25. The molecule has 1 heterocycles. The molecular formula is C7H6F3IN2. The maximum absolute atomic E-state index is 12.1. The standard InChI is InChI=1S/C7H6F3IN2/c8-7(9,10)6(12)5-2-1-4(11)3-13-5/h1-3,6H,12H2. The Morgan fingerprint density at radius 3 is 2.38 bits per heavy atom. The van der Waals surface area contributed by atoms with E-state index in [0.717, 1.165) is 3.57 Å². The van der Waals surface area contributed by atoms with E-state index < -0.39 is 12.2 Å². The number of nitrogens with two attached hydrogens (primary N) is 1. The Morgan fingerprint density at radius 1 is 1.38 bits per heavy atom. The fraction of sp³-hybridized carbons (Fsp3) is 0.286. The first-order valence-corrected chi connectivity index (χ1v) is 4.43. The molecule has 1 unspecified atom stereocenters. The van der Waals surface area contributed by atoms with Gasteiger partial charge in [-0.1, -0.05) is 0 Å². The van der Waals surface area contributed by atoms with Gasteiger partial charge >= 0.3 is 6.18 Å². The Balaban J connectivity index is 2.90. The van der Waals surface area contributed by atoms with Crippen molar-refractivity contribution in [3.63, 3.8) is 0 Å². The molecular weight excluding hydrogens is 296 g/mol. The third-order valence-electron chi connectivity index (χ3n) is 1.42. The van der Waals surface area contributed by atoms with Gasteiger partial charge in [0.05, 0.1) is 5.69 Å². The normalized spacial score (nSPS) is 14.2. The lowest BCUT2D eigenvalue weighted by atomic mass is 10.2. The van der Waals surface area contributed by atoms with E-state index in [4.69, 9.17) is 5.73 Å². The molecule has 2 N–H and O–H groups in total. The van der Waals surface area contributed by atoms with Crippen LogP contribution >= 0.6 is 22.6 Å². The molecule has 6 heteroatoms. The topological polar surface area (TPSA) is 38.9 Å². The summed E-state index contributed by atoms with van der Waals surface area (Å²) in [6, 6.07) is 0.818. The van der Waals surface area contributed by atoms with Crippen molar-refractivity contribution < 1.29 is 13.2 Å². The van der Waals surface area contributed by atoms with Crippen molar-refractivity contribution in [1.29, 1.82) is 0 Å². The van der Waals surface area contributed by atoms with E-state index in [1.54, 1.807) is 0 Å². The van der Waals surface area contributed by atoms with E-state index in [9.17, 15) is 13.2 Å². The van der Waals surface area contributed by atoms with Gasteiger partial charge in [0.15, 0.2) is 0 Å². The number of hydrogen-bond donors (Lipinski definition) is 1. The molecule has 0 aliphatic carbocycles. The van der Waals surface area contributed by atoms with Gasteiger partial charge in [0.1, 0.15) is 6.04 Å². The largest absolute Gasteiger partial charge is 0.409 e. The number of alkyl halides is 3. The first-order valence-electron chi connectivity index (χ1n) is 3.35. The smallest absolute Gasteiger partial charge is 0.315 e. The molecule has 0 aliphatic rings. The van der Waals surface area contributed by atoms with Crippen LogP contribution < -0.4 is 5.73 Å². The highest BCUT2D eigenvalue weighted by Gasteiger charge is 2.38. The Morgan fingerprint density at radius 2 is 2.00 bits per heavy atom. The van der Waals surface area contributed by atoms with Gasteiger partial charge in [-0.05, 0) is 34.7 Å². The second-order valence-electron chi connectivity index (χ2n) is 2.42. The Labute approximate surface area is 86.5 Å². The fourth-order valence-corrected chi connectivity index (χ4v) is 1.06. The zero-order valence-corrected chi connectivity index (χ0v) is 8.50. The molecule has 2 nitrogen and oxygen atoms in total. The van der Waals surface area contributed by atoms with Crippen LogP contribution in [0.4, 0.5) is 13.2 Å². The number of halogens is 4. The fourth-order valence-electron chi connectivity index (χ4n) is 0.739. The van der Waals surface area contributed by atoms with Gasteiger partial charge in [0.25, 0.3) is 0 Å². The van der Waals surface area contributed by atoms with E-state index in [2.05, 4.69) is 4.98 Å². The summed E-state index contributed by atoms with van der Waals surface area (Å²) < 4.78 is 37.0. The number of nitrogens with zero attached hydrogens (tertiary/aromatic N) is 1. The lowest BCUT2D eigenvalue weighted by molar-refractivity contribution is -0.150. The number of hydrogen-bond acceptors (Lipinski definition) is 2. The maximum atomic E-state index is 12.1. The Kier molecular flexibility index (Phi) is 3.12. The van der Waals surface area contributed by atoms with Gasteiger partial charge in [-0.15, -0.1) is 0 Å². The minimum absolute atomic E-state index is 0.159. The molecule has 0 bridgehead atoms. The first kappa shape index (κ1) is 10.7. The predicted molar refractivity (Wildman–Crippen MR) is 49.9 cm³/mol. The van der Waals surface area contributed by atoms with Crippen LogP contribution in [0.2, 0.25) is 0 Å². The monoisotopic (exact) mass is 302 g/mol. The Bertz CT molecular complexity index is 283. The van der Waals surface area contributed by atoms with Crippen molar-refractivity contribution in [2.75, 3.05) is 0 Å². The van der Waals surface area contributed by atoms with E-state index in [1.807, 2.05) is 22.6 Å². The third-order valence-corrected chi connectivity index (χ3v) is 2.06. The lowest BCUT2D eigenvalue weighted by Gasteiger charge is -2.14. The number of pyridine rings is 1.